The number of rotatable bonds is 17. The molecule has 0 bridgehead atoms. The van der Waals surface area contributed by atoms with E-state index in [1.165, 1.54) is 6.92 Å². The number of carbonyl (C=O) groups is 4. The summed E-state index contributed by atoms with van der Waals surface area (Å²) in [6.07, 6.45) is -7.41. The number of phosphoric ester groups is 1. The summed E-state index contributed by atoms with van der Waals surface area (Å²) in [6.45, 7) is 2.63. The van der Waals surface area contributed by atoms with Crippen LogP contribution in [-0.2, 0) is 70.1 Å². The van der Waals surface area contributed by atoms with Crippen LogP contribution >= 0.6 is 26.9 Å². The predicted molar refractivity (Wildman–Crippen MR) is 188 cm³/mol. The van der Waals surface area contributed by atoms with Crippen LogP contribution in [0.4, 0.5) is 5.82 Å². The Hall–Kier alpha value is -3.25. The highest BCUT2D eigenvalue weighted by Gasteiger charge is 2.78. The van der Waals surface area contributed by atoms with Crippen molar-refractivity contribution in [1.82, 2.24) is 14.9 Å². The van der Waals surface area contributed by atoms with Gasteiger partial charge in [-0.1, -0.05) is 18.8 Å². The molecule has 3 aliphatic rings. The average Bonchev–Trinajstić information content (AvgIpc) is 3.39. The van der Waals surface area contributed by atoms with E-state index in [2.05, 4.69) is 28.8 Å². The summed E-state index contributed by atoms with van der Waals surface area (Å²) in [4.78, 5) is 68.5. The second kappa shape index (κ2) is 17.3. The first kappa shape index (κ1) is 45.5. The molecule has 1 aromatic rings. The minimum atomic E-state index is -5.58. The van der Waals surface area contributed by atoms with Gasteiger partial charge in [-0.2, -0.15) is 4.31 Å². The first-order valence-electron chi connectivity index (χ1n) is 16.5. The number of carbonyl (C=O) groups excluding carboxylic acids is 4. The van der Waals surface area contributed by atoms with Crippen LogP contribution in [0.2, 0.25) is 0 Å². The summed E-state index contributed by atoms with van der Waals surface area (Å²) in [5, 5.41) is 23.0. The molecular weight excluding hydrogens is 814 g/mol. The minimum Gasteiger partial charge on any atom is -0.462 e. The van der Waals surface area contributed by atoms with Crippen molar-refractivity contribution in [3.63, 3.8) is 0 Å². The number of aliphatic hydroxyl groups excluding tert-OH is 1. The average molecular weight is 859 g/mol. The van der Waals surface area contributed by atoms with Crippen molar-refractivity contribution in [2.45, 2.75) is 88.9 Å². The van der Waals surface area contributed by atoms with Gasteiger partial charge in [-0.15, -0.1) is 0 Å². The van der Waals surface area contributed by atoms with Crippen LogP contribution in [0, 0.1) is 11.8 Å². The number of hydrogen-bond donors (Lipinski definition) is 5. The fraction of sp³-hybridized carbons (Fsp3) is 0.667. The fourth-order valence-corrected chi connectivity index (χ4v) is 10.4. The largest absolute Gasteiger partial charge is 0.482 e. The van der Waals surface area contributed by atoms with Crippen molar-refractivity contribution in [3.8, 4) is 5.75 Å². The lowest BCUT2D eigenvalue weighted by atomic mass is 9.85. The minimum absolute atomic E-state index is 0.0403. The maximum absolute atomic E-state index is 13.4. The van der Waals surface area contributed by atoms with Gasteiger partial charge < -0.3 is 58.9 Å². The number of aliphatic hydroxyl groups is 2. The van der Waals surface area contributed by atoms with E-state index in [0.29, 0.717) is 0 Å². The number of ether oxygens (including phenoxy) is 7. The van der Waals surface area contributed by atoms with Crippen LogP contribution in [0.15, 0.2) is 19.2 Å². The van der Waals surface area contributed by atoms with E-state index in [0.717, 1.165) is 40.3 Å². The standard InChI is InChI=1S/C30H44N4O19P2S/c1-9-44-24-21(32-12-33-27(24)31)26-29(6,40)25(34(7)8)18(49-26)11-46-55(43,56)53-54(41,42)52-28-20-22(39)23(48-15(4)37)19(30(20,51-28)50-16(5)38)17(47-14(3)36)10-45-13(2)35/h9,12,17-20,22-23,25-26,28,39-40H,1,10-11H2,2-8H3,(H,41,42)(H,43,56)(H2,31,32,33)/t17-,18+,19?,20?,22?,23?,25+,26?,28?,29+,30?,55?/m0/s1. The van der Waals surface area contributed by atoms with E-state index in [1.54, 1.807) is 19.0 Å². The number of phosphoric acid groups is 1. The summed E-state index contributed by atoms with van der Waals surface area (Å²) in [6, 6.07) is -0.915. The van der Waals surface area contributed by atoms with Gasteiger partial charge in [0.05, 0.1) is 18.9 Å². The molecule has 314 valence electrons. The Bertz CT molecular complexity index is 1790. The van der Waals surface area contributed by atoms with E-state index >= 15 is 0 Å². The zero-order valence-electron chi connectivity index (χ0n) is 31.1. The molecule has 1 saturated carbocycles. The molecule has 3 fully saturated rings. The molecule has 1 aliphatic carbocycles. The number of fused-ring (bicyclic) bond motifs is 1. The molecule has 23 nitrogen and oxygen atoms in total. The number of aromatic nitrogens is 2. The summed E-state index contributed by atoms with van der Waals surface area (Å²) < 4.78 is 80.0. The van der Waals surface area contributed by atoms with Crippen molar-refractivity contribution in [2.24, 2.45) is 11.8 Å². The molecule has 0 amide bonds. The molecule has 0 spiro atoms. The molecule has 1 aromatic heterocycles. The molecule has 56 heavy (non-hydrogen) atoms. The van der Waals surface area contributed by atoms with E-state index in [4.69, 9.17) is 52.2 Å². The third-order valence-electron chi connectivity index (χ3n) is 8.86. The van der Waals surface area contributed by atoms with E-state index in [-0.39, 0.29) is 17.3 Å². The maximum Gasteiger partial charge on any atom is 0.482 e. The number of nitrogens with two attached hydrogens (primary N) is 1. The first-order chi connectivity index (χ1) is 25.9. The smallest absolute Gasteiger partial charge is 0.462 e. The number of anilines is 1. The summed E-state index contributed by atoms with van der Waals surface area (Å²) in [5.74, 6) is -9.52. The van der Waals surface area contributed by atoms with Crippen LogP contribution in [0.25, 0.3) is 0 Å². The number of esters is 4. The Kier molecular flexibility index (Phi) is 14.0. The van der Waals surface area contributed by atoms with E-state index < -0.39 is 118 Å². The molecule has 4 rings (SSSR count). The number of nitrogen functional groups attached to an aromatic ring is 1. The van der Waals surface area contributed by atoms with Gasteiger partial charge in [0.15, 0.2) is 17.9 Å². The van der Waals surface area contributed by atoms with Crippen LogP contribution < -0.4 is 10.5 Å². The van der Waals surface area contributed by atoms with Crippen LogP contribution in [-0.4, -0.2) is 129 Å². The van der Waals surface area contributed by atoms with Crippen molar-refractivity contribution < 1.29 is 89.9 Å². The summed E-state index contributed by atoms with van der Waals surface area (Å²) in [7, 11) is -2.37. The zero-order chi connectivity index (χ0) is 42.1. The van der Waals surface area contributed by atoms with Gasteiger partial charge in [-0.3, -0.25) is 28.2 Å². The lowest BCUT2D eigenvalue weighted by Crippen LogP contribution is -2.67. The highest BCUT2D eigenvalue weighted by molar-refractivity contribution is 8.45. The van der Waals surface area contributed by atoms with Gasteiger partial charge in [-0.25, -0.2) is 19.1 Å². The third kappa shape index (κ3) is 9.71. The Morgan fingerprint density at radius 2 is 1.79 bits per heavy atom. The lowest BCUT2D eigenvalue weighted by molar-refractivity contribution is -0.426. The number of thiol groups is 1. The topological polar surface area (TPSA) is 310 Å². The van der Waals surface area contributed by atoms with Gasteiger partial charge in [0.2, 0.25) is 5.79 Å². The van der Waals surface area contributed by atoms with Gasteiger partial charge in [0.25, 0.3) is 0 Å². The lowest BCUT2D eigenvalue weighted by Gasteiger charge is -2.52. The van der Waals surface area contributed by atoms with Gasteiger partial charge in [0.1, 0.15) is 66.6 Å². The van der Waals surface area contributed by atoms with Gasteiger partial charge in [0, 0.05) is 27.7 Å². The normalized spacial score (nSPS) is 33.5. The quantitative estimate of drug-likeness (QED) is 0.0469. The van der Waals surface area contributed by atoms with E-state index in [9.17, 15) is 43.4 Å². The molecule has 2 saturated heterocycles. The molecule has 5 N–H and O–H groups in total. The Morgan fingerprint density at radius 3 is 2.34 bits per heavy atom. The molecule has 0 aromatic carbocycles. The third-order valence-corrected chi connectivity index (χ3v) is 12.5. The Labute approximate surface area is 325 Å². The Morgan fingerprint density at radius 1 is 1.12 bits per heavy atom. The fourth-order valence-electron chi connectivity index (χ4n) is 7.21. The second-order valence-electron chi connectivity index (χ2n) is 13.2. The van der Waals surface area contributed by atoms with Crippen molar-refractivity contribution in [2.75, 3.05) is 33.0 Å². The second-order valence-corrected chi connectivity index (χ2v) is 17.7. The van der Waals surface area contributed by atoms with Crippen molar-refractivity contribution >= 4 is 56.6 Å². The predicted octanol–water partition coefficient (Wildman–Crippen LogP) is 0.539. The Balaban J connectivity index is 1.55. The molecule has 3 heterocycles. The van der Waals surface area contributed by atoms with Crippen molar-refractivity contribution in [3.05, 3.63) is 24.9 Å². The van der Waals surface area contributed by atoms with Crippen LogP contribution in [0.3, 0.4) is 0 Å². The zero-order valence-corrected chi connectivity index (χ0v) is 33.8. The van der Waals surface area contributed by atoms with Crippen LogP contribution in [0.5, 0.6) is 5.75 Å². The SMILES string of the molecule is C=COc1c(N)ncnc1C1O[C@H](COP(=O)(S)OP(=O)(O)OC2OC3(OC(C)=O)C2C(O)C(OC(C)=O)C3[C@H](COC(C)=O)OC(C)=O)[C@@H](N(C)C)[C@@]1(C)O. The van der Waals surface area contributed by atoms with E-state index in [1.807, 2.05) is 0 Å². The van der Waals surface area contributed by atoms with Gasteiger partial charge >= 0.3 is 38.5 Å². The molecule has 13 atom stereocenters. The number of hydrogen-bond acceptors (Lipinski definition) is 22. The summed E-state index contributed by atoms with van der Waals surface area (Å²) >= 11 is 3.81. The highest BCUT2D eigenvalue weighted by Crippen LogP contribution is 2.69. The number of likely N-dealkylation sites (N-methyl/N-ethyl adjacent to an activating group) is 1. The molecular formula is C30H44N4O19P2S. The molecule has 26 heteroatoms. The molecule has 0 radical (unpaired) electrons. The first-order valence-corrected chi connectivity index (χ1v) is 20.7. The molecule has 2 aliphatic heterocycles. The summed E-state index contributed by atoms with van der Waals surface area (Å²) in [5.41, 5.74) is 4.24. The highest BCUT2D eigenvalue weighted by atomic mass is 32.7. The van der Waals surface area contributed by atoms with Crippen molar-refractivity contribution in [1.29, 1.82) is 0 Å². The van der Waals surface area contributed by atoms with Gasteiger partial charge in [-0.05, 0) is 21.0 Å². The monoisotopic (exact) mass is 858 g/mol. The molecule has 9 unspecified atom stereocenters. The maximum atomic E-state index is 13.4. The van der Waals surface area contributed by atoms with Crippen LogP contribution in [0.1, 0.15) is 46.4 Å². The number of nitrogens with zero attached hydrogens (tertiary/aromatic N) is 3.